The topological polar surface area (TPSA) is 25.8 Å². The van der Waals surface area contributed by atoms with Gasteiger partial charge in [-0.25, -0.2) is 0 Å². The smallest absolute Gasteiger partial charge is 0.0346 e. The number of rotatable bonds is 6. The molecule has 2 aromatic heterocycles. The van der Waals surface area contributed by atoms with Gasteiger partial charge in [0, 0.05) is 24.8 Å². The van der Waals surface area contributed by atoms with Gasteiger partial charge in [-0.15, -0.1) is 0 Å². The van der Waals surface area contributed by atoms with Gasteiger partial charge in [-0.1, -0.05) is 110 Å². The lowest BCUT2D eigenvalue weighted by Crippen LogP contribution is -1.96. The lowest BCUT2D eigenvalue weighted by molar-refractivity contribution is 1.33. The molecule has 2 heteroatoms. The minimum absolute atomic E-state index is 1.08. The average molecular weight is 487 g/mol. The Hall–Kier alpha value is -5.08. The summed E-state index contributed by atoms with van der Waals surface area (Å²) in [5.74, 6) is 0. The predicted octanol–water partition coefficient (Wildman–Crippen LogP) is 9.58. The lowest BCUT2D eigenvalue weighted by Gasteiger charge is -2.20. The summed E-state index contributed by atoms with van der Waals surface area (Å²) in [6.45, 7) is 8.45. The zero-order valence-electron chi connectivity index (χ0n) is 21.0. The molecule has 38 heavy (non-hydrogen) atoms. The minimum atomic E-state index is 1.08. The fourth-order valence-corrected chi connectivity index (χ4v) is 5.25. The van der Waals surface area contributed by atoms with Crippen LogP contribution in [0.15, 0.2) is 135 Å². The zero-order valence-corrected chi connectivity index (χ0v) is 21.0. The molecule has 0 spiro atoms. The Balaban J connectivity index is 1.54. The molecular weight excluding hydrogens is 460 g/mol. The lowest BCUT2D eigenvalue weighted by atomic mass is 9.83. The van der Waals surface area contributed by atoms with Crippen molar-refractivity contribution >= 4 is 22.9 Å². The van der Waals surface area contributed by atoms with Gasteiger partial charge < -0.3 is 0 Å². The van der Waals surface area contributed by atoms with Crippen molar-refractivity contribution < 1.29 is 0 Å². The number of aromatic nitrogens is 2. The first-order chi connectivity index (χ1) is 18.8. The molecule has 4 aromatic carbocycles. The van der Waals surface area contributed by atoms with E-state index < -0.39 is 0 Å². The fourth-order valence-electron chi connectivity index (χ4n) is 5.25. The van der Waals surface area contributed by atoms with Crippen LogP contribution in [-0.4, -0.2) is 9.97 Å². The number of hydrogen-bond acceptors (Lipinski definition) is 2. The molecule has 0 amide bonds. The summed E-state index contributed by atoms with van der Waals surface area (Å²) >= 11 is 0. The van der Waals surface area contributed by atoms with Crippen molar-refractivity contribution in [2.45, 2.75) is 0 Å². The second kappa shape index (κ2) is 10.1. The van der Waals surface area contributed by atoms with Gasteiger partial charge >= 0.3 is 0 Å². The summed E-state index contributed by atoms with van der Waals surface area (Å²) in [6, 6.07) is 34.1. The highest BCUT2D eigenvalue weighted by Gasteiger charge is 2.18. The number of hydrogen-bond donors (Lipinski definition) is 0. The first-order valence-corrected chi connectivity index (χ1v) is 12.6. The van der Waals surface area contributed by atoms with E-state index in [0.717, 1.165) is 44.5 Å². The molecule has 0 aliphatic heterocycles. The molecule has 2 heterocycles. The first-order valence-electron chi connectivity index (χ1n) is 12.6. The molecule has 0 aliphatic carbocycles. The Morgan fingerprint density at radius 2 is 0.816 bits per heavy atom. The van der Waals surface area contributed by atoms with Crippen molar-refractivity contribution in [3.63, 3.8) is 0 Å². The average Bonchev–Trinajstić information content (AvgIpc) is 3.01. The van der Waals surface area contributed by atoms with Gasteiger partial charge in [0.2, 0.25) is 0 Å². The quantitative estimate of drug-likeness (QED) is 0.234. The minimum Gasteiger partial charge on any atom is -0.264 e. The molecule has 0 saturated heterocycles. The summed E-state index contributed by atoms with van der Waals surface area (Å²) in [5.41, 5.74) is 11.3. The summed E-state index contributed by atoms with van der Waals surface area (Å²) in [7, 11) is 0. The third-order valence-electron chi connectivity index (χ3n) is 7.04. The highest BCUT2D eigenvalue weighted by atomic mass is 14.6. The van der Waals surface area contributed by atoms with Gasteiger partial charge in [-0.2, -0.15) is 0 Å². The molecule has 0 atom stereocenters. The first kappa shape index (κ1) is 23.3. The summed E-state index contributed by atoms with van der Waals surface area (Å²) in [4.78, 5) is 8.53. The largest absolute Gasteiger partial charge is 0.264 e. The zero-order chi connectivity index (χ0) is 25.9. The highest BCUT2D eigenvalue weighted by molar-refractivity contribution is 6.11. The van der Waals surface area contributed by atoms with E-state index in [1.54, 1.807) is 12.4 Å². The normalized spacial score (nSPS) is 10.8. The van der Waals surface area contributed by atoms with Crippen LogP contribution in [0.3, 0.4) is 0 Å². The van der Waals surface area contributed by atoms with Crippen molar-refractivity contribution in [1.82, 2.24) is 9.97 Å². The summed E-state index contributed by atoms with van der Waals surface area (Å²) in [6.07, 6.45) is 11.3. The van der Waals surface area contributed by atoms with E-state index in [1.165, 1.54) is 21.9 Å². The third-order valence-corrected chi connectivity index (χ3v) is 7.04. The van der Waals surface area contributed by atoms with E-state index in [1.807, 2.05) is 36.7 Å². The molecule has 180 valence electrons. The molecule has 6 aromatic rings. The summed E-state index contributed by atoms with van der Waals surface area (Å²) in [5, 5.41) is 2.38. The van der Waals surface area contributed by atoms with Gasteiger partial charge in [-0.05, 0) is 78.5 Å². The van der Waals surface area contributed by atoms with Crippen LogP contribution in [0, 0.1) is 0 Å². The molecule has 0 radical (unpaired) electrons. The second-order valence-electron chi connectivity index (χ2n) is 9.17. The van der Waals surface area contributed by atoms with E-state index in [9.17, 15) is 0 Å². The second-order valence-corrected chi connectivity index (χ2v) is 9.17. The van der Waals surface area contributed by atoms with Crippen molar-refractivity contribution in [3.8, 4) is 44.5 Å². The number of benzene rings is 4. The fraction of sp³-hybridized carbons (Fsp3) is 0. The van der Waals surface area contributed by atoms with Crippen LogP contribution < -0.4 is 0 Å². The van der Waals surface area contributed by atoms with Crippen LogP contribution in [0.2, 0.25) is 0 Å². The Labute approximate surface area is 223 Å². The maximum Gasteiger partial charge on any atom is 0.0346 e. The third kappa shape index (κ3) is 4.12. The molecule has 0 aliphatic rings. The highest BCUT2D eigenvalue weighted by Crippen LogP contribution is 2.43. The molecule has 2 nitrogen and oxygen atoms in total. The maximum absolute atomic E-state index is 4.27. The van der Waals surface area contributed by atoms with Crippen molar-refractivity contribution in [2.75, 3.05) is 0 Å². The van der Waals surface area contributed by atoms with E-state index in [2.05, 4.69) is 108 Å². The molecular formula is C36H26N2. The van der Waals surface area contributed by atoms with Gasteiger partial charge in [0.15, 0.2) is 0 Å². The summed E-state index contributed by atoms with van der Waals surface area (Å²) < 4.78 is 0. The van der Waals surface area contributed by atoms with Gasteiger partial charge in [-0.3, -0.25) is 9.97 Å². The van der Waals surface area contributed by atoms with E-state index >= 15 is 0 Å². The molecule has 0 saturated carbocycles. The molecule has 0 unspecified atom stereocenters. The van der Waals surface area contributed by atoms with Crippen LogP contribution in [0.4, 0.5) is 0 Å². The Kier molecular flexibility index (Phi) is 6.21. The van der Waals surface area contributed by atoms with Crippen LogP contribution >= 0.6 is 0 Å². The maximum atomic E-state index is 4.27. The Bertz CT molecular complexity index is 1620. The number of fused-ring (bicyclic) bond motifs is 1. The predicted molar refractivity (Wildman–Crippen MR) is 161 cm³/mol. The van der Waals surface area contributed by atoms with Crippen molar-refractivity contribution in [1.29, 1.82) is 0 Å². The molecule has 0 N–H and O–H groups in total. The van der Waals surface area contributed by atoms with Crippen molar-refractivity contribution in [2.24, 2.45) is 0 Å². The number of pyridine rings is 2. The van der Waals surface area contributed by atoms with Crippen LogP contribution in [0.25, 0.3) is 67.4 Å². The van der Waals surface area contributed by atoms with E-state index in [4.69, 9.17) is 0 Å². The monoisotopic (exact) mass is 486 g/mol. The molecule has 6 rings (SSSR count). The Morgan fingerprint density at radius 3 is 1.16 bits per heavy atom. The standard InChI is InChI=1S/C36H26N2/c1-3-31-32(4-2)36(28-19-15-26(16-20-28)30-10-8-22-38-24-30)34-12-6-5-11-33(34)35(31)27-17-13-25(14-18-27)29-9-7-21-37-23-29/h3-24H,1-2H2. The number of nitrogens with zero attached hydrogens (tertiary/aromatic N) is 2. The van der Waals surface area contributed by atoms with Crippen molar-refractivity contribution in [3.05, 3.63) is 146 Å². The molecule has 0 fully saturated rings. The van der Waals surface area contributed by atoms with Gasteiger partial charge in [0.05, 0.1) is 0 Å². The van der Waals surface area contributed by atoms with Crippen LogP contribution in [0.5, 0.6) is 0 Å². The van der Waals surface area contributed by atoms with Crippen LogP contribution in [-0.2, 0) is 0 Å². The Morgan fingerprint density at radius 1 is 0.421 bits per heavy atom. The van der Waals surface area contributed by atoms with E-state index in [0.29, 0.717) is 0 Å². The van der Waals surface area contributed by atoms with Gasteiger partial charge in [0.1, 0.15) is 0 Å². The molecule has 0 bridgehead atoms. The SMILES string of the molecule is C=Cc1c(C=C)c(-c2ccc(-c3cccnc3)cc2)c2ccccc2c1-c1ccc(-c2cccnc2)cc1. The van der Waals surface area contributed by atoms with E-state index in [-0.39, 0.29) is 0 Å². The van der Waals surface area contributed by atoms with Gasteiger partial charge in [0.25, 0.3) is 0 Å². The van der Waals surface area contributed by atoms with Crippen LogP contribution in [0.1, 0.15) is 11.1 Å².